The van der Waals surface area contributed by atoms with Gasteiger partial charge in [-0.25, -0.2) is 0 Å². The van der Waals surface area contributed by atoms with Crippen LogP contribution in [0.3, 0.4) is 0 Å². The van der Waals surface area contributed by atoms with Crippen LogP contribution in [-0.4, -0.2) is 32.6 Å². The summed E-state index contributed by atoms with van der Waals surface area (Å²) in [6, 6.07) is 0.178. The van der Waals surface area contributed by atoms with E-state index in [1.807, 2.05) is 13.8 Å². The molecule has 0 spiro atoms. The first-order chi connectivity index (χ1) is 8.99. The van der Waals surface area contributed by atoms with E-state index in [1.165, 1.54) is 6.92 Å². The molecule has 1 heterocycles. The number of nitrogens with one attached hydrogen (secondary N) is 1. The largest absolute Gasteiger partial charge is 0.353 e. The highest BCUT2D eigenvalue weighted by molar-refractivity contribution is 7.99. The van der Waals surface area contributed by atoms with Gasteiger partial charge in [-0.05, 0) is 19.8 Å². The van der Waals surface area contributed by atoms with Crippen molar-refractivity contribution in [3.63, 3.8) is 0 Å². The minimum absolute atomic E-state index is 0.103. The van der Waals surface area contributed by atoms with Gasteiger partial charge < -0.3 is 11.2 Å². The number of amides is 1. The molecule has 1 rings (SSSR count). The molecule has 0 saturated carbocycles. The fourth-order valence-corrected chi connectivity index (χ4v) is 2.12. The number of hydrogen-bond donors (Lipinski definition) is 2. The molecular weight excluding hydrogens is 266 g/mol. The average molecular weight is 285 g/mol. The second kappa shape index (κ2) is 7.13. The average Bonchev–Trinajstić information content (AvgIpc) is 2.41. The predicted octanol–water partition coefficient (Wildman–Crippen LogP) is 0.0574. The van der Waals surface area contributed by atoms with E-state index in [9.17, 15) is 9.59 Å². The Bertz CT molecular complexity index is 498. The Morgan fingerprint density at radius 1 is 1.42 bits per heavy atom. The summed E-state index contributed by atoms with van der Waals surface area (Å²) in [5, 5.41) is 10.6. The second-order valence-corrected chi connectivity index (χ2v) is 5.06. The summed E-state index contributed by atoms with van der Waals surface area (Å²) in [6.45, 7) is 5.57. The number of hydrogen-bond acceptors (Lipinski definition) is 6. The zero-order chi connectivity index (χ0) is 14.4. The number of carbonyl (C=O) groups excluding carboxylic acids is 1. The van der Waals surface area contributed by atoms with Crippen molar-refractivity contribution in [3.8, 4) is 0 Å². The van der Waals surface area contributed by atoms with Crippen LogP contribution >= 0.6 is 11.8 Å². The van der Waals surface area contributed by atoms with Crippen LogP contribution in [-0.2, 0) is 4.79 Å². The standard InChI is InChI=1S/C11H19N5O2S/c1-4-8(5-2)13-9(17)6-19-11-15-14-7(3)10(18)16(11)12/h8H,4-6,12H2,1-3H3,(H,13,17). The number of aryl methyl sites for hydroxylation is 1. The summed E-state index contributed by atoms with van der Waals surface area (Å²) in [7, 11) is 0. The Morgan fingerprint density at radius 3 is 2.63 bits per heavy atom. The van der Waals surface area contributed by atoms with Crippen LogP contribution in [0.4, 0.5) is 0 Å². The SMILES string of the molecule is CCC(CC)NC(=O)CSc1nnc(C)c(=O)n1N. The van der Waals surface area contributed by atoms with Gasteiger partial charge in [-0.1, -0.05) is 25.6 Å². The van der Waals surface area contributed by atoms with Crippen molar-refractivity contribution in [1.29, 1.82) is 0 Å². The van der Waals surface area contributed by atoms with Crippen LogP contribution in [0.2, 0.25) is 0 Å². The van der Waals surface area contributed by atoms with Gasteiger partial charge >= 0.3 is 0 Å². The maximum Gasteiger partial charge on any atom is 0.294 e. The molecule has 0 aliphatic carbocycles. The van der Waals surface area contributed by atoms with Gasteiger partial charge in [0.1, 0.15) is 5.69 Å². The van der Waals surface area contributed by atoms with Crippen molar-refractivity contribution >= 4 is 17.7 Å². The Hall–Kier alpha value is -1.57. The topological polar surface area (TPSA) is 103 Å². The number of nitrogen functional groups attached to an aromatic ring is 1. The molecule has 1 aromatic heterocycles. The zero-order valence-corrected chi connectivity index (χ0v) is 12.2. The van der Waals surface area contributed by atoms with Crippen molar-refractivity contribution < 1.29 is 4.79 Å². The Balaban J connectivity index is 2.60. The van der Waals surface area contributed by atoms with E-state index in [-0.39, 0.29) is 28.6 Å². The molecule has 0 bridgehead atoms. The molecule has 7 nitrogen and oxygen atoms in total. The molecule has 19 heavy (non-hydrogen) atoms. The summed E-state index contributed by atoms with van der Waals surface area (Å²) in [4.78, 5) is 23.2. The lowest BCUT2D eigenvalue weighted by Gasteiger charge is -2.14. The Morgan fingerprint density at radius 2 is 2.05 bits per heavy atom. The van der Waals surface area contributed by atoms with E-state index < -0.39 is 5.56 Å². The predicted molar refractivity (Wildman–Crippen MR) is 74.4 cm³/mol. The van der Waals surface area contributed by atoms with Gasteiger partial charge in [0, 0.05) is 6.04 Å². The Labute approximate surface area is 115 Å². The minimum Gasteiger partial charge on any atom is -0.353 e. The van der Waals surface area contributed by atoms with Crippen LogP contribution in [0.15, 0.2) is 9.95 Å². The van der Waals surface area contributed by atoms with E-state index in [4.69, 9.17) is 5.84 Å². The molecule has 3 N–H and O–H groups in total. The van der Waals surface area contributed by atoms with Crippen LogP contribution in [0, 0.1) is 6.92 Å². The highest BCUT2D eigenvalue weighted by atomic mass is 32.2. The van der Waals surface area contributed by atoms with Crippen molar-refractivity contribution in [1.82, 2.24) is 20.2 Å². The van der Waals surface area contributed by atoms with Crippen LogP contribution in [0.25, 0.3) is 0 Å². The summed E-state index contributed by atoms with van der Waals surface area (Å²) in [5.41, 5.74) is -0.175. The van der Waals surface area contributed by atoms with E-state index in [2.05, 4.69) is 15.5 Å². The van der Waals surface area contributed by atoms with E-state index in [1.54, 1.807) is 0 Å². The number of carbonyl (C=O) groups is 1. The first-order valence-electron chi connectivity index (χ1n) is 6.13. The molecule has 0 aromatic carbocycles. The van der Waals surface area contributed by atoms with Gasteiger partial charge in [-0.3, -0.25) is 9.59 Å². The molecule has 0 saturated heterocycles. The highest BCUT2D eigenvalue weighted by Gasteiger charge is 2.12. The molecule has 0 aliphatic rings. The maximum absolute atomic E-state index is 11.7. The molecular formula is C11H19N5O2S. The summed E-state index contributed by atoms with van der Waals surface area (Å²) in [5.74, 6) is 5.63. The normalized spacial score (nSPS) is 10.7. The first kappa shape index (κ1) is 15.5. The molecule has 8 heteroatoms. The van der Waals surface area contributed by atoms with Gasteiger partial charge in [0.25, 0.3) is 5.56 Å². The minimum atomic E-state index is -0.405. The van der Waals surface area contributed by atoms with E-state index in [0.29, 0.717) is 0 Å². The Kier molecular flexibility index (Phi) is 5.81. The molecule has 0 unspecified atom stereocenters. The zero-order valence-electron chi connectivity index (χ0n) is 11.3. The first-order valence-corrected chi connectivity index (χ1v) is 7.11. The van der Waals surface area contributed by atoms with Crippen molar-refractivity contribution in [2.24, 2.45) is 0 Å². The lowest BCUT2D eigenvalue weighted by molar-refractivity contribution is -0.119. The molecule has 106 valence electrons. The third kappa shape index (κ3) is 4.23. The van der Waals surface area contributed by atoms with Crippen molar-refractivity contribution in [3.05, 3.63) is 16.0 Å². The van der Waals surface area contributed by atoms with Crippen LogP contribution in [0.1, 0.15) is 32.4 Å². The maximum atomic E-state index is 11.7. The molecule has 0 fully saturated rings. The van der Waals surface area contributed by atoms with Crippen molar-refractivity contribution in [2.75, 3.05) is 11.6 Å². The fourth-order valence-electron chi connectivity index (χ4n) is 1.46. The quantitative estimate of drug-likeness (QED) is 0.566. The number of nitrogens with zero attached hydrogens (tertiary/aromatic N) is 3. The van der Waals surface area contributed by atoms with Crippen LogP contribution in [0.5, 0.6) is 0 Å². The second-order valence-electron chi connectivity index (χ2n) is 4.11. The number of thioether (sulfide) groups is 1. The fraction of sp³-hybridized carbons (Fsp3) is 0.636. The number of rotatable bonds is 6. The molecule has 1 amide bonds. The lowest BCUT2D eigenvalue weighted by Crippen LogP contribution is -2.36. The number of nitrogens with two attached hydrogens (primary N) is 1. The van der Waals surface area contributed by atoms with Gasteiger partial charge in [0.05, 0.1) is 5.75 Å². The van der Waals surface area contributed by atoms with E-state index >= 15 is 0 Å². The molecule has 0 aliphatic heterocycles. The summed E-state index contributed by atoms with van der Waals surface area (Å²) >= 11 is 1.09. The molecule has 1 aromatic rings. The third-order valence-corrected chi connectivity index (χ3v) is 3.65. The van der Waals surface area contributed by atoms with Crippen LogP contribution < -0.4 is 16.7 Å². The third-order valence-electron chi connectivity index (χ3n) is 2.70. The monoisotopic (exact) mass is 285 g/mol. The summed E-state index contributed by atoms with van der Waals surface area (Å²) in [6.07, 6.45) is 1.78. The highest BCUT2D eigenvalue weighted by Crippen LogP contribution is 2.10. The number of aromatic nitrogens is 3. The smallest absolute Gasteiger partial charge is 0.294 e. The van der Waals surface area contributed by atoms with Gasteiger partial charge in [-0.2, -0.15) is 4.68 Å². The molecule has 0 atom stereocenters. The molecule has 0 radical (unpaired) electrons. The van der Waals surface area contributed by atoms with Gasteiger partial charge in [-0.15, -0.1) is 10.2 Å². The van der Waals surface area contributed by atoms with Gasteiger partial charge in [0.15, 0.2) is 0 Å². The van der Waals surface area contributed by atoms with Gasteiger partial charge in [0.2, 0.25) is 11.1 Å². The lowest BCUT2D eigenvalue weighted by atomic mass is 10.2. The van der Waals surface area contributed by atoms with E-state index in [0.717, 1.165) is 29.3 Å². The summed E-state index contributed by atoms with van der Waals surface area (Å²) < 4.78 is 0.914. The van der Waals surface area contributed by atoms with Crippen molar-refractivity contribution in [2.45, 2.75) is 44.8 Å².